The minimum Gasteiger partial charge on any atom is -0.392 e. The third-order valence-corrected chi connectivity index (χ3v) is 5.46. The molecule has 0 radical (unpaired) electrons. The number of thiazole rings is 1. The second-order valence-electron chi connectivity index (χ2n) is 4.10. The standard InChI is InChI=1S/C12H13NOS2/c14-9-5-3-7-11(9)16-12-13-8-4-1-2-6-10(8)15-12/h1-2,4,6,9,11,14H,3,5,7H2/t9-,11-/m1/s1. The van der Waals surface area contributed by atoms with Gasteiger partial charge in [0.15, 0.2) is 4.34 Å². The van der Waals surface area contributed by atoms with Crippen LogP contribution in [-0.2, 0) is 0 Å². The molecular formula is C12H13NOS2. The highest BCUT2D eigenvalue weighted by Gasteiger charge is 2.27. The molecule has 0 unspecified atom stereocenters. The van der Waals surface area contributed by atoms with Gasteiger partial charge in [-0.25, -0.2) is 4.98 Å². The Morgan fingerprint density at radius 3 is 2.94 bits per heavy atom. The number of rotatable bonds is 2. The van der Waals surface area contributed by atoms with Crippen molar-refractivity contribution in [2.24, 2.45) is 0 Å². The molecule has 0 aliphatic heterocycles. The van der Waals surface area contributed by atoms with Crippen LogP contribution in [0, 0.1) is 0 Å². The number of hydrogen-bond acceptors (Lipinski definition) is 4. The third kappa shape index (κ3) is 1.97. The zero-order chi connectivity index (χ0) is 11.0. The minimum absolute atomic E-state index is 0.142. The average molecular weight is 251 g/mol. The molecule has 1 saturated carbocycles. The van der Waals surface area contributed by atoms with Gasteiger partial charge in [-0.05, 0) is 31.4 Å². The van der Waals surface area contributed by atoms with Gasteiger partial charge in [0.25, 0.3) is 0 Å². The third-order valence-electron chi connectivity index (χ3n) is 2.94. The van der Waals surface area contributed by atoms with Crippen LogP contribution < -0.4 is 0 Å². The van der Waals surface area contributed by atoms with Gasteiger partial charge in [-0.2, -0.15) is 0 Å². The van der Waals surface area contributed by atoms with Crippen molar-refractivity contribution in [3.63, 3.8) is 0 Å². The van der Waals surface area contributed by atoms with Crippen LogP contribution in [0.15, 0.2) is 28.6 Å². The summed E-state index contributed by atoms with van der Waals surface area (Å²) in [4.78, 5) is 4.58. The van der Waals surface area contributed by atoms with Crippen molar-refractivity contribution < 1.29 is 5.11 Å². The van der Waals surface area contributed by atoms with E-state index in [1.807, 2.05) is 18.2 Å². The van der Waals surface area contributed by atoms with Gasteiger partial charge < -0.3 is 5.11 Å². The van der Waals surface area contributed by atoms with Crippen LogP contribution in [0.25, 0.3) is 10.2 Å². The van der Waals surface area contributed by atoms with E-state index in [1.165, 1.54) is 4.70 Å². The molecular weight excluding hydrogens is 238 g/mol. The number of hydrogen-bond donors (Lipinski definition) is 1. The Bertz CT molecular complexity index is 463. The quantitative estimate of drug-likeness (QED) is 0.889. The van der Waals surface area contributed by atoms with Gasteiger partial charge in [0.1, 0.15) is 0 Å². The predicted molar refractivity (Wildman–Crippen MR) is 69.1 cm³/mol. The molecule has 1 fully saturated rings. The number of thioether (sulfide) groups is 1. The first-order chi connectivity index (χ1) is 7.83. The van der Waals surface area contributed by atoms with Crippen LogP contribution in [0.4, 0.5) is 0 Å². The molecule has 1 aromatic heterocycles. The largest absolute Gasteiger partial charge is 0.392 e. The summed E-state index contributed by atoms with van der Waals surface area (Å²) in [5.74, 6) is 0. The summed E-state index contributed by atoms with van der Waals surface area (Å²) in [6.07, 6.45) is 3.06. The molecule has 0 spiro atoms. The van der Waals surface area contributed by atoms with E-state index in [-0.39, 0.29) is 6.10 Å². The predicted octanol–water partition coefficient (Wildman–Crippen LogP) is 3.30. The molecule has 0 amide bonds. The zero-order valence-electron chi connectivity index (χ0n) is 8.80. The Morgan fingerprint density at radius 1 is 1.31 bits per heavy atom. The van der Waals surface area contributed by atoms with Crippen molar-refractivity contribution in [3.05, 3.63) is 24.3 Å². The molecule has 3 rings (SSSR count). The molecule has 84 valence electrons. The summed E-state index contributed by atoms with van der Waals surface area (Å²) >= 11 is 3.47. The van der Waals surface area contributed by atoms with Gasteiger partial charge in [-0.3, -0.25) is 0 Å². The first-order valence-electron chi connectivity index (χ1n) is 5.53. The van der Waals surface area contributed by atoms with E-state index >= 15 is 0 Å². The van der Waals surface area contributed by atoms with Gasteiger partial charge in [0.05, 0.1) is 16.3 Å². The van der Waals surface area contributed by atoms with Crippen molar-refractivity contribution in [3.8, 4) is 0 Å². The van der Waals surface area contributed by atoms with Crippen LogP contribution in [-0.4, -0.2) is 21.4 Å². The van der Waals surface area contributed by atoms with E-state index in [9.17, 15) is 5.11 Å². The highest BCUT2D eigenvalue weighted by molar-refractivity contribution is 8.01. The van der Waals surface area contributed by atoms with Crippen molar-refractivity contribution >= 4 is 33.3 Å². The maximum atomic E-state index is 9.78. The Balaban J connectivity index is 1.83. The Hall–Kier alpha value is -0.580. The lowest BCUT2D eigenvalue weighted by Gasteiger charge is -2.10. The van der Waals surface area contributed by atoms with Gasteiger partial charge >= 0.3 is 0 Å². The summed E-state index contributed by atoms with van der Waals surface area (Å²) in [7, 11) is 0. The molecule has 0 bridgehead atoms. The first-order valence-corrected chi connectivity index (χ1v) is 7.23. The molecule has 1 N–H and O–H groups in total. The van der Waals surface area contributed by atoms with Gasteiger partial charge in [-0.1, -0.05) is 23.9 Å². The van der Waals surface area contributed by atoms with E-state index in [1.54, 1.807) is 23.1 Å². The number of para-hydroxylation sites is 1. The fourth-order valence-electron chi connectivity index (χ4n) is 2.07. The van der Waals surface area contributed by atoms with E-state index in [0.29, 0.717) is 5.25 Å². The Kier molecular flexibility index (Phi) is 2.88. The molecule has 2 nitrogen and oxygen atoms in total. The summed E-state index contributed by atoms with van der Waals surface area (Å²) in [6.45, 7) is 0. The minimum atomic E-state index is -0.142. The lowest BCUT2D eigenvalue weighted by molar-refractivity contribution is 0.188. The SMILES string of the molecule is O[C@@H]1CCC[C@H]1Sc1nc2ccccc2s1. The van der Waals surface area contributed by atoms with Crippen LogP contribution >= 0.6 is 23.1 Å². The van der Waals surface area contributed by atoms with Gasteiger partial charge in [0.2, 0.25) is 0 Å². The Labute approximate surface area is 103 Å². The van der Waals surface area contributed by atoms with Crippen molar-refractivity contribution in [2.75, 3.05) is 0 Å². The lowest BCUT2D eigenvalue weighted by Crippen LogP contribution is -2.14. The summed E-state index contributed by atoms with van der Waals surface area (Å²) in [6, 6.07) is 8.20. The number of benzene rings is 1. The van der Waals surface area contributed by atoms with Gasteiger partial charge in [0, 0.05) is 5.25 Å². The Morgan fingerprint density at radius 2 is 2.19 bits per heavy atom. The molecule has 2 aromatic rings. The van der Waals surface area contributed by atoms with Crippen molar-refractivity contribution in [1.29, 1.82) is 0 Å². The van der Waals surface area contributed by atoms with Crippen LogP contribution in [0.1, 0.15) is 19.3 Å². The van der Waals surface area contributed by atoms with E-state index in [2.05, 4.69) is 11.1 Å². The molecule has 1 aliphatic carbocycles. The highest BCUT2D eigenvalue weighted by atomic mass is 32.2. The second-order valence-corrected chi connectivity index (χ2v) is 6.62. The van der Waals surface area contributed by atoms with Gasteiger partial charge in [-0.15, -0.1) is 11.3 Å². The number of aromatic nitrogens is 1. The molecule has 2 atom stereocenters. The summed E-state index contributed by atoms with van der Waals surface area (Å²) in [5, 5.41) is 10.1. The number of fused-ring (bicyclic) bond motifs is 1. The van der Waals surface area contributed by atoms with Crippen LogP contribution in [0.2, 0.25) is 0 Å². The van der Waals surface area contributed by atoms with E-state index < -0.39 is 0 Å². The molecule has 1 aromatic carbocycles. The highest BCUT2D eigenvalue weighted by Crippen LogP contribution is 2.38. The fraction of sp³-hybridized carbons (Fsp3) is 0.417. The zero-order valence-corrected chi connectivity index (χ0v) is 10.4. The normalized spacial score (nSPS) is 25.3. The van der Waals surface area contributed by atoms with Crippen molar-refractivity contribution in [2.45, 2.75) is 35.0 Å². The first kappa shape index (κ1) is 10.6. The monoisotopic (exact) mass is 251 g/mol. The average Bonchev–Trinajstić information content (AvgIpc) is 2.85. The maximum absolute atomic E-state index is 9.78. The molecule has 4 heteroatoms. The van der Waals surface area contributed by atoms with E-state index in [0.717, 1.165) is 29.1 Å². The van der Waals surface area contributed by atoms with Crippen molar-refractivity contribution in [1.82, 2.24) is 4.98 Å². The summed E-state index contributed by atoms with van der Waals surface area (Å²) < 4.78 is 2.32. The molecule has 16 heavy (non-hydrogen) atoms. The van der Waals surface area contributed by atoms with Crippen LogP contribution in [0.3, 0.4) is 0 Å². The maximum Gasteiger partial charge on any atom is 0.151 e. The fourth-order valence-corrected chi connectivity index (χ4v) is 4.59. The van der Waals surface area contributed by atoms with Crippen LogP contribution in [0.5, 0.6) is 0 Å². The number of nitrogens with zero attached hydrogens (tertiary/aromatic N) is 1. The topological polar surface area (TPSA) is 33.1 Å². The summed E-state index contributed by atoms with van der Waals surface area (Å²) in [5.41, 5.74) is 1.07. The number of aliphatic hydroxyl groups excluding tert-OH is 1. The van der Waals surface area contributed by atoms with E-state index in [4.69, 9.17) is 0 Å². The molecule has 1 heterocycles. The number of aliphatic hydroxyl groups is 1. The smallest absolute Gasteiger partial charge is 0.151 e. The lowest BCUT2D eigenvalue weighted by atomic mass is 10.3. The molecule has 1 aliphatic rings. The molecule has 0 saturated heterocycles. The second kappa shape index (κ2) is 4.35.